The van der Waals surface area contributed by atoms with Crippen LogP contribution in [0.5, 0.6) is 0 Å². The van der Waals surface area contributed by atoms with Crippen LogP contribution in [0.2, 0.25) is 10.0 Å². The van der Waals surface area contributed by atoms with Crippen molar-refractivity contribution < 1.29 is 4.79 Å². The molecule has 0 unspecified atom stereocenters. The molecule has 2 aromatic rings. The summed E-state index contributed by atoms with van der Waals surface area (Å²) in [5, 5.41) is 6.63. The first-order valence-electron chi connectivity index (χ1n) is 7.96. The van der Waals surface area contributed by atoms with Gasteiger partial charge in [0.1, 0.15) is 0 Å². The third kappa shape index (κ3) is 4.13. The number of carbonyl (C=O) groups excluding carboxylic acids is 1. The standard InChI is InChI=1S/C18H19Cl2N3O/c19-15-4-3-5-16(18(15)20)22-17(24)12-21-13-6-8-14(9-7-13)23-10-1-2-11-23/h3-9,21H,1-2,10-12H2,(H,22,24). The molecule has 6 heteroatoms. The molecule has 0 saturated carbocycles. The maximum absolute atomic E-state index is 12.0. The average molecular weight is 364 g/mol. The molecule has 0 aromatic heterocycles. The van der Waals surface area contributed by atoms with E-state index in [9.17, 15) is 4.79 Å². The van der Waals surface area contributed by atoms with Gasteiger partial charge in [0.25, 0.3) is 0 Å². The summed E-state index contributed by atoms with van der Waals surface area (Å²) in [4.78, 5) is 14.4. The van der Waals surface area contributed by atoms with Gasteiger partial charge < -0.3 is 15.5 Å². The van der Waals surface area contributed by atoms with E-state index < -0.39 is 0 Å². The van der Waals surface area contributed by atoms with E-state index >= 15 is 0 Å². The molecule has 1 saturated heterocycles. The van der Waals surface area contributed by atoms with Crippen molar-refractivity contribution in [3.8, 4) is 0 Å². The molecule has 1 amide bonds. The molecule has 1 heterocycles. The Bertz CT molecular complexity index is 713. The van der Waals surface area contributed by atoms with Crippen molar-refractivity contribution in [1.29, 1.82) is 0 Å². The molecule has 1 fully saturated rings. The van der Waals surface area contributed by atoms with Gasteiger partial charge in [-0.25, -0.2) is 0 Å². The third-order valence-electron chi connectivity index (χ3n) is 4.02. The van der Waals surface area contributed by atoms with E-state index in [-0.39, 0.29) is 12.5 Å². The molecule has 2 aromatic carbocycles. The number of anilines is 3. The van der Waals surface area contributed by atoms with Gasteiger partial charge in [-0.1, -0.05) is 29.3 Å². The lowest BCUT2D eigenvalue weighted by molar-refractivity contribution is -0.114. The van der Waals surface area contributed by atoms with Gasteiger partial charge in [-0.3, -0.25) is 4.79 Å². The van der Waals surface area contributed by atoms with Crippen molar-refractivity contribution in [2.24, 2.45) is 0 Å². The fraction of sp³-hybridized carbons (Fsp3) is 0.278. The summed E-state index contributed by atoms with van der Waals surface area (Å²) >= 11 is 12.0. The Balaban J connectivity index is 1.53. The molecule has 0 bridgehead atoms. The maximum atomic E-state index is 12.0. The van der Waals surface area contributed by atoms with Gasteiger partial charge in [0.05, 0.1) is 22.3 Å². The minimum atomic E-state index is -0.178. The maximum Gasteiger partial charge on any atom is 0.243 e. The summed E-state index contributed by atoms with van der Waals surface area (Å²) in [7, 11) is 0. The van der Waals surface area contributed by atoms with E-state index in [1.807, 2.05) is 12.1 Å². The van der Waals surface area contributed by atoms with Crippen LogP contribution in [0.25, 0.3) is 0 Å². The van der Waals surface area contributed by atoms with Crippen LogP contribution in [0.15, 0.2) is 42.5 Å². The second-order valence-corrected chi connectivity index (χ2v) is 6.53. The van der Waals surface area contributed by atoms with E-state index in [2.05, 4.69) is 27.7 Å². The van der Waals surface area contributed by atoms with Crippen molar-refractivity contribution in [3.05, 3.63) is 52.5 Å². The van der Waals surface area contributed by atoms with Crippen LogP contribution in [-0.2, 0) is 4.79 Å². The molecule has 1 aliphatic rings. The van der Waals surface area contributed by atoms with Gasteiger partial charge in [0.2, 0.25) is 5.91 Å². The minimum Gasteiger partial charge on any atom is -0.376 e. The molecule has 3 rings (SSSR count). The number of hydrogen-bond acceptors (Lipinski definition) is 3. The number of nitrogens with one attached hydrogen (secondary N) is 2. The smallest absolute Gasteiger partial charge is 0.243 e. The van der Waals surface area contributed by atoms with Gasteiger partial charge in [-0.05, 0) is 49.2 Å². The van der Waals surface area contributed by atoms with Crippen LogP contribution < -0.4 is 15.5 Å². The van der Waals surface area contributed by atoms with Gasteiger partial charge in [0.15, 0.2) is 0 Å². The van der Waals surface area contributed by atoms with Crippen LogP contribution in [0, 0.1) is 0 Å². The van der Waals surface area contributed by atoms with E-state index in [0.717, 1.165) is 18.8 Å². The van der Waals surface area contributed by atoms with Gasteiger partial charge in [0, 0.05) is 24.5 Å². The SMILES string of the molecule is O=C(CNc1ccc(N2CCCC2)cc1)Nc1cccc(Cl)c1Cl. The Labute approximate surface area is 151 Å². The molecular formula is C18H19Cl2N3O. The zero-order chi connectivity index (χ0) is 16.9. The monoisotopic (exact) mass is 363 g/mol. The van der Waals surface area contributed by atoms with E-state index in [0.29, 0.717) is 15.7 Å². The number of amides is 1. The largest absolute Gasteiger partial charge is 0.376 e. The molecule has 4 nitrogen and oxygen atoms in total. The molecular weight excluding hydrogens is 345 g/mol. The topological polar surface area (TPSA) is 44.4 Å². The summed E-state index contributed by atoms with van der Waals surface area (Å²) < 4.78 is 0. The van der Waals surface area contributed by atoms with Crippen LogP contribution in [0.3, 0.4) is 0 Å². The Morgan fingerprint density at radius 2 is 1.75 bits per heavy atom. The van der Waals surface area contributed by atoms with Crippen LogP contribution in [0.1, 0.15) is 12.8 Å². The van der Waals surface area contributed by atoms with Crippen LogP contribution in [0.4, 0.5) is 17.1 Å². The normalized spacial score (nSPS) is 13.8. The van der Waals surface area contributed by atoms with E-state index in [4.69, 9.17) is 23.2 Å². The van der Waals surface area contributed by atoms with Crippen LogP contribution >= 0.6 is 23.2 Å². The number of hydrogen-bond donors (Lipinski definition) is 2. The first-order chi connectivity index (χ1) is 11.6. The number of benzene rings is 2. The highest BCUT2D eigenvalue weighted by Gasteiger charge is 2.12. The molecule has 24 heavy (non-hydrogen) atoms. The Morgan fingerprint density at radius 3 is 2.46 bits per heavy atom. The molecule has 0 radical (unpaired) electrons. The van der Waals surface area contributed by atoms with Crippen molar-refractivity contribution in [2.75, 3.05) is 35.2 Å². The highest BCUT2D eigenvalue weighted by molar-refractivity contribution is 6.44. The first-order valence-corrected chi connectivity index (χ1v) is 8.72. The van der Waals surface area contributed by atoms with Gasteiger partial charge >= 0.3 is 0 Å². The average Bonchev–Trinajstić information content (AvgIpc) is 3.12. The second-order valence-electron chi connectivity index (χ2n) is 5.74. The molecule has 126 valence electrons. The quantitative estimate of drug-likeness (QED) is 0.812. The zero-order valence-corrected chi connectivity index (χ0v) is 14.7. The summed E-state index contributed by atoms with van der Waals surface area (Å²) in [6, 6.07) is 13.3. The fourth-order valence-corrected chi connectivity index (χ4v) is 3.09. The molecule has 0 aliphatic carbocycles. The summed E-state index contributed by atoms with van der Waals surface area (Å²) in [6.45, 7) is 2.40. The Hall–Kier alpha value is -1.91. The summed E-state index contributed by atoms with van der Waals surface area (Å²) in [6.07, 6.45) is 2.51. The van der Waals surface area contributed by atoms with E-state index in [1.165, 1.54) is 18.5 Å². The highest BCUT2D eigenvalue weighted by Crippen LogP contribution is 2.29. The van der Waals surface area contributed by atoms with Crippen LogP contribution in [-0.4, -0.2) is 25.5 Å². The number of halogens is 2. The van der Waals surface area contributed by atoms with Gasteiger partial charge in [-0.15, -0.1) is 0 Å². The predicted octanol–water partition coefficient (Wildman–Crippen LogP) is 4.64. The lowest BCUT2D eigenvalue weighted by Gasteiger charge is -2.18. The molecule has 0 atom stereocenters. The van der Waals surface area contributed by atoms with E-state index in [1.54, 1.807) is 18.2 Å². The van der Waals surface area contributed by atoms with Crippen molar-refractivity contribution in [3.63, 3.8) is 0 Å². The molecule has 1 aliphatic heterocycles. The third-order valence-corrected chi connectivity index (χ3v) is 4.84. The van der Waals surface area contributed by atoms with Crippen molar-refractivity contribution >= 4 is 46.2 Å². The first kappa shape index (κ1) is 16.9. The lowest BCUT2D eigenvalue weighted by Crippen LogP contribution is -2.22. The zero-order valence-electron chi connectivity index (χ0n) is 13.2. The summed E-state index contributed by atoms with van der Waals surface area (Å²) in [5.41, 5.74) is 2.65. The second kappa shape index (κ2) is 7.77. The summed E-state index contributed by atoms with van der Waals surface area (Å²) in [5.74, 6) is -0.178. The van der Waals surface area contributed by atoms with Crippen molar-refractivity contribution in [2.45, 2.75) is 12.8 Å². The number of carbonyl (C=O) groups is 1. The lowest BCUT2D eigenvalue weighted by atomic mass is 10.2. The minimum absolute atomic E-state index is 0.159. The predicted molar refractivity (Wildman–Crippen MR) is 101 cm³/mol. The Morgan fingerprint density at radius 1 is 1.04 bits per heavy atom. The fourth-order valence-electron chi connectivity index (χ4n) is 2.74. The van der Waals surface area contributed by atoms with Gasteiger partial charge in [-0.2, -0.15) is 0 Å². The molecule has 0 spiro atoms. The molecule has 2 N–H and O–H groups in total. The number of rotatable bonds is 5. The Kier molecular flexibility index (Phi) is 5.48. The highest BCUT2D eigenvalue weighted by atomic mass is 35.5. The number of nitrogens with zero attached hydrogens (tertiary/aromatic N) is 1. The van der Waals surface area contributed by atoms with Crippen molar-refractivity contribution in [1.82, 2.24) is 0 Å².